The highest BCUT2D eigenvalue weighted by Gasteiger charge is 2.18. The van der Waals surface area contributed by atoms with Gasteiger partial charge in [-0.15, -0.1) is 11.3 Å². The van der Waals surface area contributed by atoms with Gasteiger partial charge >= 0.3 is 5.97 Å². The van der Waals surface area contributed by atoms with Crippen LogP contribution in [0, 0.1) is 0 Å². The lowest BCUT2D eigenvalue weighted by atomic mass is 10.3. The van der Waals surface area contributed by atoms with E-state index in [0.29, 0.717) is 4.88 Å². The lowest BCUT2D eigenvalue weighted by molar-refractivity contribution is 0.0701. The minimum absolute atomic E-state index is 0.112. The Morgan fingerprint density at radius 2 is 2.17 bits per heavy atom. The molecule has 0 aliphatic carbocycles. The van der Waals surface area contributed by atoms with Gasteiger partial charge in [0.1, 0.15) is 4.88 Å². The molecule has 1 aromatic rings. The number of rotatable bonds is 2. The molecular formula is C6H3Br3O2S. The third kappa shape index (κ3) is 2.31. The van der Waals surface area contributed by atoms with Crippen LogP contribution in [0.2, 0.25) is 0 Å². The molecular weight excluding hydrogens is 376 g/mol. The van der Waals surface area contributed by atoms with Gasteiger partial charge in [0.25, 0.3) is 0 Å². The standard InChI is InChI=1S/C6H3Br3O2S/c7-3-1-2(5(8)9)4(12-3)6(10)11/h1,5H,(H,10,11). The summed E-state index contributed by atoms with van der Waals surface area (Å²) >= 11 is 10.9. The SMILES string of the molecule is O=C(O)c1sc(Br)cc1C(Br)Br. The molecule has 0 atom stereocenters. The summed E-state index contributed by atoms with van der Waals surface area (Å²) in [6.45, 7) is 0. The number of carboxylic acids is 1. The first-order chi connectivity index (χ1) is 5.52. The second kappa shape index (κ2) is 4.21. The Bertz CT molecular complexity index is 308. The molecule has 0 spiro atoms. The minimum Gasteiger partial charge on any atom is -0.477 e. The van der Waals surface area contributed by atoms with E-state index in [1.54, 1.807) is 6.07 Å². The first kappa shape index (κ1) is 10.7. The third-order valence-electron chi connectivity index (χ3n) is 1.16. The average molecular weight is 379 g/mol. The van der Waals surface area contributed by atoms with Crippen molar-refractivity contribution in [2.75, 3.05) is 0 Å². The second-order valence-electron chi connectivity index (χ2n) is 1.94. The fourth-order valence-corrected chi connectivity index (χ4v) is 3.22. The molecule has 2 nitrogen and oxygen atoms in total. The summed E-state index contributed by atoms with van der Waals surface area (Å²) in [6, 6.07) is 1.78. The Morgan fingerprint density at radius 3 is 2.50 bits per heavy atom. The zero-order chi connectivity index (χ0) is 9.30. The minimum atomic E-state index is -0.899. The van der Waals surface area contributed by atoms with E-state index in [4.69, 9.17) is 5.11 Å². The lowest BCUT2D eigenvalue weighted by Gasteiger charge is -1.98. The highest BCUT2D eigenvalue weighted by molar-refractivity contribution is 9.24. The number of alkyl halides is 2. The second-order valence-corrected chi connectivity index (χ2v) is 7.43. The Hall–Kier alpha value is 0.610. The molecule has 0 aromatic carbocycles. The van der Waals surface area contributed by atoms with Crippen molar-refractivity contribution in [1.82, 2.24) is 0 Å². The van der Waals surface area contributed by atoms with Crippen LogP contribution in [0.25, 0.3) is 0 Å². The zero-order valence-corrected chi connectivity index (χ0v) is 11.1. The smallest absolute Gasteiger partial charge is 0.346 e. The van der Waals surface area contributed by atoms with Gasteiger partial charge in [-0.25, -0.2) is 4.79 Å². The molecule has 1 aromatic heterocycles. The average Bonchev–Trinajstić information content (AvgIpc) is 2.31. The van der Waals surface area contributed by atoms with Crippen molar-refractivity contribution in [2.45, 2.75) is 3.74 Å². The van der Waals surface area contributed by atoms with E-state index < -0.39 is 5.97 Å². The Labute approximate surface area is 98.4 Å². The number of aromatic carboxylic acids is 1. The summed E-state index contributed by atoms with van der Waals surface area (Å²) in [7, 11) is 0. The van der Waals surface area contributed by atoms with Crippen LogP contribution in [0.1, 0.15) is 19.0 Å². The molecule has 0 aliphatic heterocycles. The van der Waals surface area contributed by atoms with E-state index in [1.165, 1.54) is 11.3 Å². The maximum absolute atomic E-state index is 10.7. The van der Waals surface area contributed by atoms with Crippen LogP contribution in [0.5, 0.6) is 0 Å². The summed E-state index contributed by atoms with van der Waals surface area (Å²) in [5, 5.41) is 8.78. The van der Waals surface area contributed by atoms with Crippen LogP contribution in [0.4, 0.5) is 0 Å². The van der Waals surface area contributed by atoms with Crippen molar-refractivity contribution in [3.05, 3.63) is 20.3 Å². The quantitative estimate of drug-likeness (QED) is 0.790. The molecule has 0 saturated carbocycles. The van der Waals surface area contributed by atoms with Crippen LogP contribution in [0.15, 0.2) is 9.85 Å². The van der Waals surface area contributed by atoms with Crippen LogP contribution >= 0.6 is 59.1 Å². The molecule has 1 rings (SSSR count). The maximum Gasteiger partial charge on any atom is 0.346 e. The fourth-order valence-electron chi connectivity index (χ4n) is 0.703. The van der Waals surface area contributed by atoms with Gasteiger partial charge in [0.05, 0.1) is 7.52 Å². The maximum atomic E-state index is 10.7. The lowest BCUT2D eigenvalue weighted by Crippen LogP contribution is -1.96. The fraction of sp³-hybridized carbons (Fsp3) is 0.167. The van der Waals surface area contributed by atoms with E-state index in [0.717, 1.165) is 9.35 Å². The predicted molar refractivity (Wildman–Crippen MR) is 59.6 cm³/mol. The van der Waals surface area contributed by atoms with Gasteiger partial charge in [0.15, 0.2) is 0 Å². The van der Waals surface area contributed by atoms with Gasteiger partial charge in [-0.1, -0.05) is 31.9 Å². The van der Waals surface area contributed by atoms with E-state index in [1.807, 2.05) is 0 Å². The van der Waals surface area contributed by atoms with Gasteiger partial charge in [-0.2, -0.15) is 0 Å². The van der Waals surface area contributed by atoms with Crippen LogP contribution in [-0.2, 0) is 0 Å². The topological polar surface area (TPSA) is 37.3 Å². The molecule has 0 amide bonds. The Morgan fingerprint density at radius 1 is 1.58 bits per heavy atom. The van der Waals surface area contributed by atoms with Crippen molar-refractivity contribution in [3.63, 3.8) is 0 Å². The van der Waals surface area contributed by atoms with Gasteiger partial charge in [-0.05, 0) is 22.0 Å². The summed E-state index contributed by atoms with van der Waals surface area (Å²) in [5.41, 5.74) is 0.736. The van der Waals surface area contributed by atoms with Gasteiger partial charge in [-0.3, -0.25) is 0 Å². The number of hydrogen-bond donors (Lipinski definition) is 1. The predicted octanol–water partition coefficient (Wildman–Crippen LogP) is 4.00. The van der Waals surface area contributed by atoms with Gasteiger partial charge < -0.3 is 5.11 Å². The van der Waals surface area contributed by atoms with Crippen molar-refractivity contribution in [3.8, 4) is 0 Å². The van der Waals surface area contributed by atoms with E-state index in [2.05, 4.69) is 47.8 Å². The first-order valence-corrected chi connectivity index (χ1v) is 6.27. The summed E-state index contributed by atoms with van der Waals surface area (Å²) in [5.74, 6) is -0.899. The highest BCUT2D eigenvalue weighted by Crippen LogP contribution is 2.38. The molecule has 0 fully saturated rings. The molecule has 0 saturated heterocycles. The summed E-state index contributed by atoms with van der Waals surface area (Å²) in [4.78, 5) is 11.0. The van der Waals surface area contributed by atoms with Crippen molar-refractivity contribution >= 4 is 65.1 Å². The Kier molecular flexibility index (Phi) is 3.75. The first-order valence-electron chi connectivity index (χ1n) is 2.83. The van der Waals surface area contributed by atoms with Crippen molar-refractivity contribution in [2.24, 2.45) is 0 Å². The van der Waals surface area contributed by atoms with Gasteiger partial charge in [0.2, 0.25) is 0 Å². The van der Waals surface area contributed by atoms with E-state index in [9.17, 15) is 4.79 Å². The Balaban J connectivity index is 3.17. The highest BCUT2D eigenvalue weighted by atomic mass is 79.9. The summed E-state index contributed by atoms with van der Waals surface area (Å²) < 4.78 is 0.706. The van der Waals surface area contributed by atoms with Crippen molar-refractivity contribution < 1.29 is 9.90 Å². The van der Waals surface area contributed by atoms with Crippen LogP contribution in [0.3, 0.4) is 0 Å². The number of halogens is 3. The van der Waals surface area contributed by atoms with Crippen LogP contribution in [-0.4, -0.2) is 11.1 Å². The molecule has 1 N–H and O–H groups in total. The molecule has 6 heteroatoms. The molecule has 0 radical (unpaired) electrons. The monoisotopic (exact) mass is 376 g/mol. The zero-order valence-electron chi connectivity index (χ0n) is 5.55. The molecule has 0 aliphatic rings. The normalized spacial score (nSPS) is 10.7. The molecule has 1 heterocycles. The van der Waals surface area contributed by atoms with Crippen LogP contribution < -0.4 is 0 Å². The number of carboxylic acid groups (broad SMARTS) is 1. The number of thiophene rings is 1. The van der Waals surface area contributed by atoms with Crippen molar-refractivity contribution in [1.29, 1.82) is 0 Å². The number of hydrogen-bond acceptors (Lipinski definition) is 2. The number of carbonyl (C=O) groups is 1. The largest absolute Gasteiger partial charge is 0.477 e. The molecule has 0 unspecified atom stereocenters. The van der Waals surface area contributed by atoms with E-state index >= 15 is 0 Å². The van der Waals surface area contributed by atoms with Gasteiger partial charge in [0, 0.05) is 5.56 Å². The molecule has 0 bridgehead atoms. The summed E-state index contributed by atoms with van der Waals surface area (Å²) in [6.07, 6.45) is 0. The molecule has 12 heavy (non-hydrogen) atoms. The third-order valence-corrected chi connectivity index (χ3v) is 3.79. The molecule has 66 valence electrons. The van der Waals surface area contributed by atoms with E-state index in [-0.39, 0.29) is 3.74 Å².